The molecule has 0 saturated carbocycles. The van der Waals surface area contributed by atoms with E-state index in [1.54, 1.807) is 12.1 Å². The van der Waals surface area contributed by atoms with Crippen LogP contribution in [0.2, 0.25) is 0 Å². The molecule has 2 aromatic rings. The highest BCUT2D eigenvalue weighted by molar-refractivity contribution is 7.89. The van der Waals surface area contributed by atoms with Crippen molar-refractivity contribution in [3.05, 3.63) is 53.3 Å². The summed E-state index contributed by atoms with van der Waals surface area (Å²) in [5.41, 5.74) is 2.87. The van der Waals surface area contributed by atoms with E-state index in [0.29, 0.717) is 6.54 Å². The van der Waals surface area contributed by atoms with Crippen LogP contribution in [0, 0.1) is 13.8 Å². The van der Waals surface area contributed by atoms with Crippen molar-refractivity contribution in [2.45, 2.75) is 31.8 Å². The monoisotopic (exact) mass is 321 g/mol. The average Bonchev–Trinajstić information content (AvgIpc) is 2.76. The van der Waals surface area contributed by atoms with Crippen LogP contribution in [0.5, 0.6) is 0 Å². The molecule has 1 amide bonds. The summed E-state index contributed by atoms with van der Waals surface area (Å²) in [7, 11) is -3.69. The van der Waals surface area contributed by atoms with Crippen LogP contribution in [0.4, 0.5) is 0 Å². The van der Waals surface area contributed by atoms with Gasteiger partial charge in [-0.05, 0) is 43.7 Å². The molecule has 0 bridgehead atoms. The van der Waals surface area contributed by atoms with Crippen LogP contribution in [0.15, 0.2) is 41.3 Å². The van der Waals surface area contributed by atoms with Crippen LogP contribution in [-0.2, 0) is 27.9 Å². The van der Waals surface area contributed by atoms with Crippen molar-refractivity contribution in [3.63, 3.8) is 0 Å². The van der Waals surface area contributed by atoms with Gasteiger partial charge in [-0.15, -0.1) is 0 Å². The zero-order valence-corrected chi connectivity index (χ0v) is 13.4. The Hall–Kier alpha value is -2.12. The van der Waals surface area contributed by atoms with E-state index in [1.165, 1.54) is 12.1 Å². The first kappa shape index (κ1) is 16.3. The SMILES string of the molecule is Cc1ccc(C)n1CC(=O)NCc1ccc(S(N)(=O)=O)cc1. The number of carbonyl (C=O) groups excluding carboxylic acids is 1. The van der Waals surface area contributed by atoms with Crippen molar-refractivity contribution in [1.29, 1.82) is 0 Å². The zero-order valence-electron chi connectivity index (χ0n) is 12.5. The normalized spacial score (nSPS) is 11.4. The van der Waals surface area contributed by atoms with Gasteiger partial charge in [-0.2, -0.15) is 0 Å². The van der Waals surface area contributed by atoms with Crippen LogP contribution in [0.25, 0.3) is 0 Å². The van der Waals surface area contributed by atoms with Gasteiger partial charge >= 0.3 is 0 Å². The molecule has 0 aliphatic rings. The van der Waals surface area contributed by atoms with Crippen LogP contribution in [0.3, 0.4) is 0 Å². The average molecular weight is 321 g/mol. The molecular weight excluding hydrogens is 302 g/mol. The van der Waals surface area contributed by atoms with E-state index in [9.17, 15) is 13.2 Å². The fraction of sp³-hybridized carbons (Fsp3) is 0.267. The topological polar surface area (TPSA) is 94.2 Å². The number of amides is 1. The second kappa shape index (κ2) is 6.33. The summed E-state index contributed by atoms with van der Waals surface area (Å²) in [6, 6.07) is 10.1. The second-order valence-corrected chi connectivity index (χ2v) is 6.73. The summed E-state index contributed by atoms with van der Waals surface area (Å²) >= 11 is 0. The lowest BCUT2D eigenvalue weighted by molar-refractivity contribution is -0.121. The molecule has 0 radical (unpaired) electrons. The fourth-order valence-electron chi connectivity index (χ4n) is 2.15. The van der Waals surface area contributed by atoms with Crippen molar-refractivity contribution in [3.8, 4) is 0 Å². The first-order valence-corrected chi connectivity index (χ1v) is 8.33. The largest absolute Gasteiger partial charge is 0.350 e. The van der Waals surface area contributed by atoms with E-state index in [2.05, 4.69) is 5.32 Å². The van der Waals surface area contributed by atoms with Gasteiger partial charge in [-0.25, -0.2) is 13.6 Å². The lowest BCUT2D eigenvalue weighted by atomic mass is 10.2. The number of nitrogens with two attached hydrogens (primary N) is 1. The van der Waals surface area contributed by atoms with Crippen molar-refractivity contribution in [2.75, 3.05) is 0 Å². The first-order valence-electron chi connectivity index (χ1n) is 6.78. The third-order valence-corrected chi connectivity index (χ3v) is 4.39. The van der Waals surface area contributed by atoms with Gasteiger partial charge in [0, 0.05) is 17.9 Å². The Morgan fingerprint density at radius 1 is 1.09 bits per heavy atom. The van der Waals surface area contributed by atoms with E-state index < -0.39 is 10.0 Å². The smallest absolute Gasteiger partial charge is 0.240 e. The van der Waals surface area contributed by atoms with E-state index >= 15 is 0 Å². The predicted molar refractivity (Wildman–Crippen MR) is 83.6 cm³/mol. The third kappa shape index (κ3) is 3.96. The van der Waals surface area contributed by atoms with Gasteiger partial charge in [0.05, 0.1) is 4.90 Å². The maximum atomic E-state index is 12.0. The number of nitrogens with one attached hydrogen (secondary N) is 1. The Bertz CT molecular complexity index is 757. The van der Waals surface area contributed by atoms with Crippen molar-refractivity contribution in [2.24, 2.45) is 5.14 Å². The summed E-state index contributed by atoms with van der Waals surface area (Å²) in [5, 5.41) is 7.84. The van der Waals surface area contributed by atoms with Gasteiger partial charge < -0.3 is 9.88 Å². The zero-order chi connectivity index (χ0) is 16.3. The molecule has 7 heteroatoms. The Kier molecular flexibility index (Phi) is 4.68. The minimum Gasteiger partial charge on any atom is -0.350 e. The molecule has 0 spiro atoms. The molecule has 0 aliphatic heterocycles. The van der Waals surface area contributed by atoms with E-state index in [-0.39, 0.29) is 17.3 Å². The van der Waals surface area contributed by atoms with Gasteiger partial charge in [0.15, 0.2) is 0 Å². The minimum absolute atomic E-state index is 0.0566. The third-order valence-electron chi connectivity index (χ3n) is 3.46. The number of sulfonamides is 1. The van der Waals surface area contributed by atoms with Gasteiger partial charge in [-0.1, -0.05) is 12.1 Å². The molecule has 0 saturated heterocycles. The van der Waals surface area contributed by atoms with Gasteiger partial charge in [0.25, 0.3) is 0 Å². The number of aromatic nitrogens is 1. The number of nitrogens with zero attached hydrogens (tertiary/aromatic N) is 1. The number of primary sulfonamides is 1. The molecule has 1 aromatic heterocycles. The summed E-state index contributed by atoms with van der Waals surface area (Å²) in [6.07, 6.45) is 0. The van der Waals surface area contributed by atoms with Crippen LogP contribution < -0.4 is 10.5 Å². The van der Waals surface area contributed by atoms with Crippen LogP contribution in [0.1, 0.15) is 17.0 Å². The molecule has 0 atom stereocenters. The lowest BCUT2D eigenvalue weighted by Crippen LogP contribution is -2.27. The van der Waals surface area contributed by atoms with Crippen molar-refractivity contribution < 1.29 is 13.2 Å². The maximum absolute atomic E-state index is 12.0. The Morgan fingerprint density at radius 2 is 1.64 bits per heavy atom. The molecule has 0 aliphatic carbocycles. The minimum atomic E-state index is -3.69. The Morgan fingerprint density at radius 3 is 2.14 bits per heavy atom. The van der Waals surface area contributed by atoms with E-state index in [0.717, 1.165) is 17.0 Å². The number of carbonyl (C=O) groups is 1. The highest BCUT2D eigenvalue weighted by Crippen LogP contribution is 2.09. The molecule has 118 valence electrons. The number of benzene rings is 1. The van der Waals surface area contributed by atoms with Crippen molar-refractivity contribution >= 4 is 15.9 Å². The van der Waals surface area contributed by atoms with Crippen LogP contribution in [-0.4, -0.2) is 18.9 Å². The molecule has 22 heavy (non-hydrogen) atoms. The van der Waals surface area contributed by atoms with Crippen molar-refractivity contribution in [1.82, 2.24) is 9.88 Å². The maximum Gasteiger partial charge on any atom is 0.240 e. The number of hydrogen-bond acceptors (Lipinski definition) is 3. The molecule has 1 aromatic carbocycles. The van der Waals surface area contributed by atoms with E-state index in [1.807, 2.05) is 30.5 Å². The molecule has 0 unspecified atom stereocenters. The summed E-state index contributed by atoms with van der Waals surface area (Å²) < 4.78 is 24.2. The number of hydrogen-bond donors (Lipinski definition) is 2. The Labute approximate surface area is 130 Å². The first-order chi connectivity index (χ1) is 10.3. The molecular formula is C15H19N3O3S. The predicted octanol–water partition coefficient (Wildman–Crippen LogP) is 1.07. The molecule has 0 fully saturated rings. The summed E-state index contributed by atoms with van der Waals surface area (Å²) in [6.45, 7) is 4.50. The van der Waals surface area contributed by atoms with Gasteiger partial charge in [-0.3, -0.25) is 4.79 Å². The lowest BCUT2D eigenvalue weighted by Gasteiger charge is -2.10. The molecule has 1 heterocycles. The quantitative estimate of drug-likeness (QED) is 0.862. The standard InChI is InChI=1S/C15H19N3O3S/c1-11-3-4-12(2)18(11)10-15(19)17-9-13-5-7-14(8-6-13)22(16,20)21/h3-8H,9-10H2,1-2H3,(H,17,19)(H2,16,20,21). The second-order valence-electron chi connectivity index (χ2n) is 5.17. The number of aryl methyl sites for hydroxylation is 2. The molecule has 2 rings (SSSR count). The molecule has 6 nitrogen and oxygen atoms in total. The van der Waals surface area contributed by atoms with Crippen LogP contribution >= 0.6 is 0 Å². The van der Waals surface area contributed by atoms with E-state index in [4.69, 9.17) is 5.14 Å². The highest BCUT2D eigenvalue weighted by atomic mass is 32.2. The summed E-state index contributed by atoms with van der Waals surface area (Å²) in [4.78, 5) is 12.0. The summed E-state index contributed by atoms with van der Waals surface area (Å²) in [5.74, 6) is -0.0991. The van der Waals surface area contributed by atoms with Gasteiger partial charge in [0.1, 0.15) is 6.54 Å². The highest BCUT2D eigenvalue weighted by Gasteiger charge is 2.09. The molecule has 3 N–H and O–H groups in total. The fourth-order valence-corrected chi connectivity index (χ4v) is 2.66. The number of rotatable bonds is 5. The Balaban J connectivity index is 1.94. The van der Waals surface area contributed by atoms with Gasteiger partial charge in [0.2, 0.25) is 15.9 Å².